The predicted octanol–water partition coefficient (Wildman–Crippen LogP) is 3.24. The Hall–Kier alpha value is -2.17. The van der Waals surface area contributed by atoms with Gasteiger partial charge in [-0.15, -0.1) is 0 Å². The average molecular weight is 493 g/mol. The third-order valence-electron chi connectivity index (χ3n) is 7.02. The largest absolute Gasteiger partial charge is 0.481 e. The Bertz CT molecular complexity index is 1140. The van der Waals surface area contributed by atoms with Crippen LogP contribution in [-0.2, 0) is 31.7 Å². The Morgan fingerprint density at radius 3 is 2.41 bits per heavy atom. The first-order valence-electron chi connectivity index (χ1n) is 12.0. The molecule has 34 heavy (non-hydrogen) atoms. The van der Waals surface area contributed by atoms with Crippen molar-refractivity contribution in [2.45, 2.75) is 58.4 Å². The van der Waals surface area contributed by atoms with E-state index in [1.807, 2.05) is 18.2 Å². The Labute approximate surface area is 201 Å². The molecule has 2 aliphatic rings. The number of fused-ring (bicyclic) bond motifs is 1. The minimum Gasteiger partial charge on any atom is -0.481 e. The van der Waals surface area contributed by atoms with Crippen molar-refractivity contribution in [1.82, 2.24) is 13.9 Å². The van der Waals surface area contributed by atoms with Crippen molar-refractivity contribution < 1.29 is 23.1 Å². The summed E-state index contributed by atoms with van der Waals surface area (Å²) in [6, 6.07) is 5.64. The molecule has 0 amide bonds. The zero-order valence-electron chi connectivity index (χ0n) is 20.5. The summed E-state index contributed by atoms with van der Waals surface area (Å²) in [4.78, 5) is 16.2. The van der Waals surface area contributed by atoms with Crippen LogP contribution < -0.4 is 4.31 Å². The van der Waals surface area contributed by atoms with Gasteiger partial charge in [0.25, 0.3) is 0 Å². The van der Waals surface area contributed by atoms with Gasteiger partial charge < -0.3 is 14.4 Å². The Kier molecular flexibility index (Phi) is 6.94. The van der Waals surface area contributed by atoms with Crippen molar-refractivity contribution >= 4 is 32.9 Å². The highest BCUT2D eigenvalue weighted by atomic mass is 32.2. The topological polar surface area (TPSA) is 105 Å². The van der Waals surface area contributed by atoms with Crippen molar-refractivity contribution in [3.05, 3.63) is 24.0 Å². The maximum absolute atomic E-state index is 13.3. The fourth-order valence-electron chi connectivity index (χ4n) is 4.90. The molecule has 0 radical (unpaired) electrons. The molecule has 0 spiro atoms. The molecule has 9 nitrogen and oxygen atoms in total. The average Bonchev–Trinajstić information content (AvgIpc) is 3.17. The second-order valence-corrected chi connectivity index (χ2v) is 12.5. The Morgan fingerprint density at radius 2 is 1.82 bits per heavy atom. The summed E-state index contributed by atoms with van der Waals surface area (Å²) in [6.45, 7) is 9.31. The molecule has 10 heteroatoms. The molecule has 0 bridgehead atoms. The lowest BCUT2D eigenvalue weighted by molar-refractivity contribution is -0.142. The summed E-state index contributed by atoms with van der Waals surface area (Å²) in [5, 5.41) is 9.21. The zero-order chi connectivity index (χ0) is 24.7. The quantitative estimate of drug-likeness (QED) is 0.664. The van der Waals surface area contributed by atoms with E-state index in [0.717, 1.165) is 49.5 Å². The molecular weight excluding hydrogens is 456 g/mol. The molecule has 1 aromatic heterocycles. The van der Waals surface area contributed by atoms with Crippen molar-refractivity contribution in [3.8, 4) is 0 Å². The van der Waals surface area contributed by atoms with Crippen LogP contribution in [0.15, 0.2) is 18.2 Å². The molecule has 4 rings (SSSR count). The van der Waals surface area contributed by atoms with Gasteiger partial charge in [0, 0.05) is 45.3 Å². The number of hydrogen-bond acceptors (Lipinski definition) is 5. The molecule has 0 unspecified atom stereocenters. The summed E-state index contributed by atoms with van der Waals surface area (Å²) in [6.07, 6.45) is 2.71. The lowest BCUT2D eigenvalue weighted by atomic mass is 9.94. The van der Waals surface area contributed by atoms with Gasteiger partial charge in [-0.1, -0.05) is 20.8 Å². The number of carbonyl (C=O) groups is 1. The van der Waals surface area contributed by atoms with Gasteiger partial charge in [0.05, 0.1) is 22.6 Å². The zero-order valence-corrected chi connectivity index (χ0v) is 21.3. The van der Waals surface area contributed by atoms with Crippen LogP contribution >= 0.6 is 0 Å². The minimum absolute atomic E-state index is 0.156. The van der Waals surface area contributed by atoms with E-state index in [1.54, 1.807) is 7.05 Å². The SMILES string of the molecule is CN(c1ccc2c(c1)nc(C(C)(C)C)n2CC1CCOCC1)S(=O)(=O)N1CCC(C(=O)O)CC1. The van der Waals surface area contributed by atoms with Gasteiger partial charge in [-0.05, 0) is 49.8 Å². The van der Waals surface area contributed by atoms with Crippen LogP contribution in [-0.4, -0.2) is 66.7 Å². The Balaban J connectivity index is 1.62. The van der Waals surface area contributed by atoms with Gasteiger partial charge in [-0.2, -0.15) is 12.7 Å². The fraction of sp³-hybridized carbons (Fsp3) is 0.667. The van der Waals surface area contributed by atoms with Crippen LogP contribution in [0.5, 0.6) is 0 Å². The van der Waals surface area contributed by atoms with E-state index >= 15 is 0 Å². The summed E-state index contributed by atoms with van der Waals surface area (Å²) in [5.41, 5.74) is 2.18. The van der Waals surface area contributed by atoms with E-state index in [-0.39, 0.29) is 18.5 Å². The monoisotopic (exact) mass is 492 g/mol. The predicted molar refractivity (Wildman–Crippen MR) is 131 cm³/mol. The van der Waals surface area contributed by atoms with E-state index in [0.29, 0.717) is 24.4 Å². The lowest BCUT2D eigenvalue weighted by Gasteiger charge is -2.33. The molecule has 0 atom stereocenters. The highest BCUT2D eigenvalue weighted by molar-refractivity contribution is 7.90. The van der Waals surface area contributed by atoms with Crippen molar-refractivity contribution in [1.29, 1.82) is 0 Å². The van der Waals surface area contributed by atoms with Gasteiger partial charge in [-0.3, -0.25) is 9.10 Å². The van der Waals surface area contributed by atoms with Gasteiger partial charge in [-0.25, -0.2) is 4.98 Å². The second-order valence-electron chi connectivity index (χ2n) is 10.5. The molecule has 2 aromatic rings. The fourth-order valence-corrected chi connectivity index (χ4v) is 6.30. The number of carboxylic acids is 1. The molecule has 1 aromatic carbocycles. The lowest BCUT2D eigenvalue weighted by Crippen LogP contribution is -2.46. The van der Waals surface area contributed by atoms with E-state index in [4.69, 9.17) is 9.72 Å². The number of imidazole rings is 1. The van der Waals surface area contributed by atoms with Gasteiger partial charge in [0.1, 0.15) is 5.82 Å². The van der Waals surface area contributed by atoms with Crippen LogP contribution in [0.1, 0.15) is 52.3 Å². The summed E-state index contributed by atoms with van der Waals surface area (Å²) < 4.78 is 37.0. The molecule has 0 aliphatic carbocycles. The molecule has 2 fully saturated rings. The smallest absolute Gasteiger partial charge is 0.306 e. The van der Waals surface area contributed by atoms with E-state index < -0.39 is 22.1 Å². The third-order valence-corrected chi connectivity index (χ3v) is 8.94. The number of nitrogens with zero attached hydrogens (tertiary/aromatic N) is 4. The number of hydrogen-bond donors (Lipinski definition) is 1. The van der Waals surface area contributed by atoms with Crippen LogP contribution in [0.2, 0.25) is 0 Å². The van der Waals surface area contributed by atoms with E-state index in [1.165, 1.54) is 8.61 Å². The summed E-state index contributed by atoms with van der Waals surface area (Å²) in [5.74, 6) is 0.182. The first-order chi connectivity index (χ1) is 16.0. The number of benzene rings is 1. The second kappa shape index (κ2) is 9.47. The summed E-state index contributed by atoms with van der Waals surface area (Å²) >= 11 is 0. The molecule has 2 aliphatic heterocycles. The number of piperidine rings is 1. The first kappa shape index (κ1) is 24.9. The van der Waals surface area contributed by atoms with Crippen molar-refractivity contribution in [2.75, 3.05) is 37.7 Å². The normalized spacial score (nSPS) is 19.5. The number of aliphatic carboxylic acids is 1. The van der Waals surface area contributed by atoms with E-state index in [9.17, 15) is 18.3 Å². The number of carboxylic acid groups (broad SMARTS) is 1. The summed E-state index contributed by atoms with van der Waals surface area (Å²) in [7, 11) is -2.22. The molecule has 188 valence electrons. The highest BCUT2D eigenvalue weighted by Crippen LogP contribution is 2.32. The molecule has 3 heterocycles. The van der Waals surface area contributed by atoms with Crippen molar-refractivity contribution in [3.63, 3.8) is 0 Å². The Morgan fingerprint density at radius 1 is 1.18 bits per heavy atom. The molecular formula is C24H36N4O5S. The molecule has 1 N–H and O–H groups in total. The van der Waals surface area contributed by atoms with Crippen LogP contribution in [0.4, 0.5) is 5.69 Å². The van der Waals surface area contributed by atoms with Crippen LogP contribution in [0.3, 0.4) is 0 Å². The van der Waals surface area contributed by atoms with Crippen LogP contribution in [0, 0.1) is 11.8 Å². The van der Waals surface area contributed by atoms with Gasteiger partial charge >= 0.3 is 16.2 Å². The highest BCUT2D eigenvalue weighted by Gasteiger charge is 2.34. The number of ether oxygens (including phenoxy) is 1. The standard InChI is InChI=1S/C24H36N4O5S/c1-24(2,3)23-25-20-15-19(5-6-21(20)28(23)16-17-9-13-33-14-10-17)26(4)34(31,32)27-11-7-18(8-12-27)22(29)30/h5-6,15,17-18H,7-14,16H2,1-4H3,(H,29,30). The number of anilines is 1. The number of rotatable bonds is 6. The number of aromatic nitrogens is 2. The van der Waals surface area contributed by atoms with E-state index in [2.05, 4.69) is 25.3 Å². The van der Waals surface area contributed by atoms with Gasteiger partial charge in [0.2, 0.25) is 0 Å². The first-order valence-corrected chi connectivity index (χ1v) is 13.4. The molecule has 2 saturated heterocycles. The van der Waals surface area contributed by atoms with Crippen LogP contribution in [0.25, 0.3) is 11.0 Å². The maximum atomic E-state index is 13.3. The molecule has 0 saturated carbocycles. The van der Waals surface area contributed by atoms with Gasteiger partial charge in [0.15, 0.2) is 0 Å². The third kappa shape index (κ3) is 4.94. The maximum Gasteiger partial charge on any atom is 0.306 e. The minimum atomic E-state index is -3.76. The van der Waals surface area contributed by atoms with Crippen molar-refractivity contribution in [2.24, 2.45) is 11.8 Å².